The van der Waals surface area contributed by atoms with E-state index in [0.717, 1.165) is 32.5 Å². The quantitative estimate of drug-likeness (QED) is 0.746. The molecule has 1 heterocycles. The molecule has 0 saturated carbocycles. The number of nitrogens with zero attached hydrogens (tertiary/aromatic N) is 1. The van der Waals surface area contributed by atoms with Crippen LogP contribution in [0.25, 0.3) is 0 Å². The number of hydrogen-bond acceptors (Lipinski definition) is 4. The summed E-state index contributed by atoms with van der Waals surface area (Å²) >= 11 is 0. The van der Waals surface area contributed by atoms with Gasteiger partial charge in [-0.15, -0.1) is 0 Å². The van der Waals surface area contributed by atoms with Crippen LogP contribution in [0.3, 0.4) is 0 Å². The van der Waals surface area contributed by atoms with Gasteiger partial charge >= 0.3 is 0 Å². The molecule has 1 saturated heterocycles. The third kappa shape index (κ3) is 6.25. The highest BCUT2D eigenvalue weighted by Crippen LogP contribution is 2.22. The molecule has 1 rings (SSSR count). The largest absolute Gasteiger partial charge is 0.309 e. The van der Waals surface area contributed by atoms with Gasteiger partial charge in [0.25, 0.3) is 0 Å². The van der Waals surface area contributed by atoms with Crippen molar-refractivity contribution in [2.24, 2.45) is 5.92 Å². The third-order valence-electron chi connectivity index (χ3n) is 4.70. The fourth-order valence-electron chi connectivity index (χ4n) is 3.03. The molecular formula is C16H34N2O2S. The molecule has 0 radical (unpaired) electrons. The van der Waals surface area contributed by atoms with Crippen LogP contribution in [0.1, 0.15) is 53.9 Å². The van der Waals surface area contributed by atoms with E-state index < -0.39 is 9.84 Å². The minimum atomic E-state index is -2.84. The second-order valence-electron chi connectivity index (χ2n) is 7.14. The summed E-state index contributed by atoms with van der Waals surface area (Å²) in [5.41, 5.74) is 0.164. The fraction of sp³-hybridized carbons (Fsp3) is 1.00. The second kappa shape index (κ2) is 7.93. The molecule has 0 amide bonds. The smallest absolute Gasteiger partial charge is 0.150 e. The highest BCUT2D eigenvalue weighted by atomic mass is 32.2. The molecule has 21 heavy (non-hydrogen) atoms. The lowest BCUT2D eigenvalue weighted by Gasteiger charge is -2.46. The van der Waals surface area contributed by atoms with Gasteiger partial charge in [-0.05, 0) is 38.6 Å². The number of hydrogen-bond donors (Lipinski definition) is 1. The lowest BCUT2D eigenvalue weighted by atomic mass is 9.90. The zero-order chi connectivity index (χ0) is 16.1. The predicted molar refractivity (Wildman–Crippen MR) is 90.5 cm³/mol. The Morgan fingerprint density at radius 3 is 2.52 bits per heavy atom. The summed E-state index contributed by atoms with van der Waals surface area (Å²) < 4.78 is 23.3. The summed E-state index contributed by atoms with van der Waals surface area (Å²) in [4.78, 5) is 2.52. The van der Waals surface area contributed by atoms with Crippen molar-refractivity contribution in [1.82, 2.24) is 10.2 Å². The maximum absolute atomic E-state index is 11.7. The molecule has 0 bridgehead atoms. The average molecular weight is 319 g/mol. The maximum atomic E-state index is 11.7. The summed E-state index contributed by atoms with van der Waals surface area (Å²) in [6.07, 6.45) is 3.03. The van der Waals surface area contributed by atoms with E-state index in [1.807, 2.05) is 0 Å². The van der Waals surface area contributed by atoms with Crippen LogP contribution in [-0.4, -0.2) is 56.0 Å². The Balaban J connectivity index is 2.61. The van der Waals surface area contributed by atoms with Gasteiger partial charge in [-0.3, -0.25) is 4.90 Å². The molecule has 1 N–H and O–H groups in total. The topological polar surface area (TPSA) is 49.4 Å². The highest BCUT2D eigenvalue weighted by Gasteiger charge is 2.34. The second-order valence-corrected chi connectivity index (χ2v) is 9.61. The lowest BCUT2D eigenvalue weighted by Crippen LogP contribution is -2.63. The van der Waals surface area contributed by atoms with Gasteiger partial charge in [0.15, 0.2) is 0 Å². The summed E-state index contributed by atoms with van der Waals surface area (Å²) in [7, 11) is -2.84. The zero-order valence-corrected chi connectivity index (χ0v) is 15.3. The molecule has 0 spiro atoms. The van der Waals surface area contributed by atoms with Crippen molar-refractivity contribution in [1.29, 1.82) is 0 Å². The Hall–Kier alpha value is -0.130. The van der Waals surface area contributed by atoms with Crippen molar-refractivity contribution < 1.29 is 8.42 Å². The van der Waals surface area contributed by atoms with E-state index in [0.29, 0.717) is 17.7 Å². The number of rotatable bonds is 8. The first-order valence-corrected chi connectivity index (χ1v) is 10.2. The first-order chi connectivity index (χ1) is 9.71. The van der Waals surface area contributed by atoms with Gasteiger partial charge < -0.3 is 5.32 Å². The van der Waals surface area contributed by atoms with Crippen LogP contribution in [0.15, 0.2) is 0 Å². The van der Waals surface area contributed by atoms with Crippen molar-refractivity contribution in [3.8, 4) is 0 Å². The number of nitrogens with one attached hydrogen (secondary N) is 1. The first-order valence-electron chi connectivity index (χ1n) is 8.41. The predicted octanol–water partition coefficient (Wildman–Crippen LogP) is 2.30. The number of piperazine rings is 1. The van der Waals surface area contributed by atoms with Crippen molar-refractivity contribution >= 4 is 9.84 Å². The van der Waals surface area contributed by atoms with Crippen molar-refractivity contribution in [2.75, 3.05) is 31.1 Å². The van der Waals surface area contributed by atoms with Gasteiger partial charge in [0.05, 0.1) is 5.75 Å². The minimum absolute atomic E-state index is 0.164. The Morgan fingerprint density at radius 1 is 1.33 bits per heavy atom. The fourth-order valence-corrected chi connectivity index (χ4v) is 3.89. The minimum Gasteiger partial charge on any atom is -0.309 e. The van der Waals surface area contributed by atoms with E-state index in [1.165, 1.54) is 6.42 Å². The molecule has 2 atom stereocenters. The first kappa shape index (κ1) is 18.9. The van der Waals surface area contributed by atoms with Crippen molar-refractivity contribution in [3.05, 3.63) is 0 Å². The van der Waals surface area contributed by atoms with Crippen LogP contribution < -0.4 is 5.32 Å². The lowest BCUT2D eigenvalue weighted by molar-refractivity contribution is 0.0732. The van der Waals surface area contributed by atoms with Gasteiger partial charge in [0.2, 0.25) is 0 Å². The summed E-state index contributed by atoms with van der Waals surface area (Å²) in [5, 5.41) is 3.69. The Labute approximate surface area is 131 Å². The monoisotopic (exact) mass is 318 g/mol. The molecule has 4 nitrogen and oxygen atoms in total. The molecule has 1 fully saturated rings. The Morgan fingerprint density at radius 2 is 2.00 bits per heavy atom. The van der Waals surface area contributed by atoms with E-state index in [-0.39, 0.29) is 11.3 Å². The molecular weight excluding hydrogens is 284 g/mol. The zero-order valence-electron chi connectivity index (χ0n) is 14.5. The van der Waals surface area contributed by atoms with E-state index in [2.05, 4.69) is 37.9 Å². The standard InChI is InChI=1S/C16H34N2O2S/c1-6-16(5)13-18(9-8-10-21(19,20)7-2)15(12-17-16)11-14(3)4/h14-15,17H,6-13H2,1-5H3. The summed E-state index contributed by atoms with van der Waals surface area (Å²) in [5.74, 6) is 1.26. The molecule has 0 aromatic rings. The van der Waals surface area contributed by atoms with E-state index >= 15 is 0 Å². The van der Waals surface area contributed by atoms with Crippen LogP contribution in [0.4, 0.5) is 0 Å². The van der Waals surface area contributed by atoms with E-state index in [1.54, 1.807) is 6.92 Å². The van der Waals surface area contributed by atoms with E-state index in [4.69, 9.17) is 0 Å². The van der Waals surface area contributed by atoms with Crippen molar-refractivity contribution in [3.63, 3.8) is 0 Å². The van der Waals surface area contributed by atoms with Crippen LogP contribution in [0.5, 0.6) is 0 Å². The average Bonchev–Trinajstić information content (AvgIpc) is 2.41. The maximum Gasteiger partial charge on any atom is 0.150 e. The molecule has 0 aliphatic carbocycles. The molecule has 1 aliphatic heterocycles. The normalized spacial score (nSPS) is 28.2. The summed E-state index contributed by atoms with van der Waals surface area (Å²) in [6, 6.07) is 0.536. The van der Waals surface area contributed by atoms with Gasteiger partial charge in [-0.2, -0.15) is 0 Å². The highest BCUT2D eigenvalue weighted by molar-refractivity contribution is 7.91. The SMILES string of the molecule is CCC1(C)CN(CCCS(=O)(=O)CC)C(CC(C)C)CN1. The Bertz CT molecular complexity index is 409. The molecule has 0 aromatic heterocycles. The van der Waals surface area contributed by atoms with Gasteiger partial charge in [0, 0.05) is 30.4 Å². The van der Waals surface area contributed by atoms with Crippen LogP contribution >= 0.6 is 0 Å². The molecule has 0 aromatic carbocycles. The summed E-state index contributed by atoms with van der Waals surface area (Å²) in [6.45, 7) is 13.7. The number of sulfone groups is 1. The third-order valence-corrected chi connectivity index (χ3v) is 6.49. The van der Waals surface area contributed by atoms with Gasteiger partial charge in [0.1, 0.15) is 9.84 Å². The van der Waals surface area contributed by atoms with Gasteiger partial charge in [-0.1, -0.05) is 27.7 Å². The molecule has 2 unspecified atom stereocenters. The molecule has 5 heteroatoms. The van der Waals surface area contributed by atoms with Gasteiger partial charge in [-0.25, -0.2) is 8.42 Å². The van der Waals surface area contributed by atoms with Crippen LogP contribution in [0.2, 0.25) is 0 Å². The van der Waals surface area contributed by atoms with Crippen LogP contribution in [-0.2, 0) is 9.84 Å². The Kier molecular flexibility index (Phi) is 7.14. The van der Waals surface area contributed by atoms with Crippen LogP contribution in [0, 0.1) is 5.92 Å². The van der Waals surface area contributed by atoms with E-state index in [9.17, 15) is 8.42 Å². The molecule has 1 aliphatic rings. The molecule has 126 valence electrons. The van der Waals surface area contributed by atoms with Crippen molar-refractivity contribution in [2.45, 2.75) is 65.5 Å².